The Kier molecular flexibility index (Phi) is 6.45. The molecule has 7 nitrogen and oxygen atoms in total. The van der Waals surface area contributed by atoms with Crippen LogP contribution in [-0.4, -0.2) is 39.4 Å². The maximum atomic E-state index is 13.2. The van der Waals surface area contributed by atoms with Crippen LogP contribution in [0, 0.1) is 5.92 Å². The van der Waals surface area contributed by atoms with Gasteiger partial charge in [-0.1, -0.05) is 49.4 Å². The quantitative estimate of drug-likeness (QED) is 0.622. The predicted molar refractivity (Wildman–Crippen MR) is 129 cm³/mol. The van der Waals surface area contributed by atoms with E-state index in [0.29, 0.717) is 44.8 Å². The van der Waals surface area contributed by atoms with E-state index in [4.69, 9.17) is 4.74 Å². The molecule has 2 aliphatic rings. The third-order valence-electron chi connectivity index (χ3n) is 6.89. The number of fused-ring (bicyclic) bond motifs is 1. The van der Waals surface area contributed by atoms with Crippen LogP contribution in [-0.2, 0) is 29.1 Å². The minimum absolute atomic E-state index is 0.0241. The van der Waals surface area contributed by atoms with Crippen LogP contribution in [0.25, 0.3) is 0 Å². The lowest BCUT2D eigenvalue weighted by Gasteiger charge is -2.31. The summed E-state index contributed by atoms with van der Waals surface area (Å²) in [5.41, 5.74) is 4.47. The highest BCUT2D eigenvalue weighted by Crippen LogP contribution is 2.29. The number of benzene rings is 2. The number of ether oxygens (including phenoxy) is 1. The highest BCUT2D eigenvalue weighted by Gasteiger charge is 2.32. The number of hydrogen-bond donors (Lipinski definition) is 1. The van der Waals surface area contributed by atoms with E-state index >= 15 is 0 Å². The molecule has 1 saturated heterocycles. The molecule has 2 aromatic carbocycles. The van der Waals surface area contributed by atoms with Gasteiger partial charge in [0.05, 0.1) is 25.2 Å². The number of amides is 2. The van der Waals surface area contributed by atoms with Crippen molar-refractivity contribution < 1.29 is 14.3 Å². The van der Waals surface area contributed by atoms with E-state index in [2.05, 4.69) is 29.4 Å². The van der Waals surface area contributed by atoms with Crippen molar-refractivity contribution in [3.8, 4) is 0 Å². The van der Waals surface area contributed by atoms with Gasteiger partial charge in [0.2, 0.25) is 5.91 Å². The maximum Gasteiger partial charge on any atom is 0.274 e. The number of imidazole rings is 1. The summed E-state index contributed by atoms with van der Waals surface area (Å²) < 4.78 is 8.09. The van der Waals surface area contributed by atoms with Gasteiger partial charge in [0.25, 0.3) is 5.91 Å². The number of rotatable bonds is 5. The van der Waals surface area contributed by atoms with Gasteiger partial charge in [-0.05, 0) is 42.5 Å². The van der Waals surface area contributed by atoms with Crippen molar-refractivity contribution in [2.45, 2.75) is 45.4 Å². The smallest absolute Gasteiger partial charge is 0.274 e. The van der Waals surface area contributed by atoms with Gasteiger partial charge in [-0.15, -0.1) is 0 Å². The van der Waals surface area contributed by atoms with Crippen molar-refractivity contribution in [1.29, 1.82) is 0 Å². The molecule has 176 valence electrons. The molecule has 2 aliphatic heterocycles. The van der Waals surface area contributed by atoms with E-state index in [1.165, 1.54) is 5.56 Å². The Morgan fingerprint density at radius 1 is 1.06 bits per heavy atom. The van der Waals surface area contributed by atoms with Gasteiger partial charge in [0, 0.05) is 24.7 Å². The molecule has 0 spiro atoms. The summed E-state index contributed by atoms with van der Waals surface area (Å²) in [6.07, 6.45) is 3.96. The fraction of sp³-hybridized carbons (Fsp3) is 0.370. The third-order valence-corrected chi connectivity index (χ3v) is 6.89. The summed E-state index contributed by atoms with van der Waals surface area (Å²) >= 11 is 0. The molecule has 1 aromatic heterocycles. The monoisotopic (exact) mass is 458 g/mol. The van der Waals surface area contributed by atoms with E-state index in [-0.39, 0.29) is 23.8 Å². The summed E-state index contributed by atoms with van der Waals surface area (Å²) in [6, 6.07) is 18.1. The molecule has 0 saturated carbocycles. The summed E-state index contributed by atoms with van der Waals surface area (Å²) in [4.78, 5) is 32.2. The topological polar surface area (TPSA) is 76.5 Å². The Morgan fingerprint density at radius 2 is 1.79 bits per heavy atom. The summed E-state index contributed by atoms with van der Waals surface area (Å²) in [5, 5.41) is 3.02. The predicted octanol–water partition coefficient (Wildman–Crippen LogP) is 4.21. The second-order valence-electron chi connectivity index (χ2n) is 9.01. The van der Waals surface area contributed by atoms with Crippen molar-refractivity contribution in [3.63, 3.8) is 0 Å². The number of aromatic nitrogens is 2. The number of carbonyl (C=O) groups is 2. The zero-order valence-corrected chi connectivity index (χ0v) is 19.4. The van der Waals surface area contributed by atoms with Crippen molar-refractivity contribution >= 4 is 17.5 Å². The van der Waals surface area contributed by atoms with Gasteiger partial charge in [-0.3, -0.25) is 9.59 Å². The number of piperidine rings is 1. The minimum atomic E-state index is -0.0965. The number of carbonyl (C=O) groups excluding carboxylic acids is 2. The van der Waals surface area contributed by atoms with Crippen molar-refractivity contribution in [3.05, 3.63) is 83.4 Å². The van der Waals surface area contributed by atoms with Crippen molar-refractivity contribution in [1.82, 2.24) is 14.5 Å². The van der Waals surface area contributed by atoms with E-state index in [9.17, 15) is 9.59 Å². The molecule has 0 aliphatic carbocycles. The van der Waals surface area contributed by atoms with Crippen LogP contribution in [0.15, 0.2) is 60.9 Å². The number of likely N-dealkylation sites (tertiary alicyclic amines) is 1. The van der Waals surface area contributed by atoms with E-state index in [1.807, 2.05) is 51.9 Å². The van der Waals surface area contributed by atoms with Crippen LogP contribution in [0.4, 0.5) is 5.69 Å². The van der Waals surface area contributed by atoms with Gasteiger partial charge in [-0.25, -0.2) is 4.98 Å². The SMILES string of the molecule is CCc1ccc(NC(=O)C2CCN(C(=O)c3ncn4c3CO[C@H](c3ccccc3)C4)CC2)cc1. The number of hydrogen-bond acceptors (Lipinski definition) is 4. The lowest BCUT2D eigenvalue weighted by molar-refractivity contribution is -0.121. The second-order valence-corrected chi connectivity index (χ2v) is 9.01. The lowest BCUT2D eigenvalue weighted by Crippen LogP contribution is -2.42. The summed E-state index contributed by atoms with van der Waals surface area (Å²) in [7, 11) is 0. The molecule has 2 amide bonds. The number of nitrogens with one attached hydrogen (secondary N) is 1. The number of nitrogens with zero attached hydrogens (tertiary/aromatic N) is 3. The standard InChI is InChI=1S/C27H30N4O3/c1-2-19-8-10-22(11-9-19)29-26(32)21-12-14-30(15-13-21)27(33)25-23-17-34-24(16-31(23)18-28-25)20-6-4-3-5-7-20/h3-11,18,21,24H,2,12-17H2,1H3,(H,29,32)/t24-/m0/s1. The normalized spacial score (nSPS) is 18.4. The fourth-order valence-corrected chi connectivity index (χ4v) is 4.74. The molecule has 3 heterocycles. The molecule has 3 aromatic rings. The van der Waals surface area contributed by atoms with Crippen LogP contribution in [0.1, 0.15) is 53.2 Å². The summed E-state index contributed by atoms with van der Waals surface area (Å²) in [5.74, 6) is -0.152. The van der Waals surface area contributed by atoms with E-state index < -0.39 is 0 Å². The molecule has 34 heavy (non-hydrogen) atoms. The van der Waals surface area contributed by atoms with Crippen LogP contribution in [0.5, 0.6) is 0 Å². The first kappa shape index (κ1) is 22.3. The van der Waals surface area contributed by atoms with Gasteiger partial charge in [0.1, 0.15) is 6.10 Å². The first-order valence-electron chi connectivity index (χ1n) is 12.0. The Bertz CT molecular complexity index is 1150. The third kappa shape index (κ3) is 4.61. The Balaban J connectivity index is 1.17. The molecule has 7 heteroatoms. The largest absolute Gasteiger partial charge is 0.365 e. The fourth-order valence-electron chi connectivity index (χ4n) is 4.74. The zero-order chi connectivity index (χ0) is 23.5. The van der Waals surface area contributed by atoms with Crippen LogP contribution in [0.3, 0.4) is 0 Å². The highest BCUT2D eigenvalue weighted by atomic mass is 16.5. The van der Waals surface area contributed by atoms with Crippen molar-refractivity contribution in [2.75, 3.05) is 18.4 Å². The molecule has 0 unspecified atom stereocenters. The molecule has 1 fully saturated rings. The zero-order valence-electron chi connectivity index (χ0n) is 19.4. The van der Waals surface area contributed by atoms with Crippen LogP contribution < -0.4 is 5.32 Å². The molecule has 0 bridgehead atoms. The van der Waals surface area contributed by atoms with Crippen LogP contribution in [0.2, 0.25) is 0 Å². The van der Waals surface area contributed by atoms with E-state index in [1.54, 1.807) is 6.33 Å². The Morgan fingerprint density at radius 3 is 2.50 bits per heavy atom. The summed E-state index contributed by atoms with van der Waals surface area (Å²) in [6.45, 7) is 4.20. The maximum absolute atomic E-state index is 13.2. The van der Waals surface area contributed by atoms with Crippen molar-refractivity contribution in [2.24, 2.45) is 5.92 Å². The lowest BCUT2D eigenvalue weighted by atomic mass is 9.95. The van der Waals surface area contributed by atoms with Gasteiger partial charge < -0.3 is 19.5 Å². The molecular formula is C27H30N4O3. The Hall–Kier alpha value is -3.45. The molecule has 1 N–H and O–H groups in total. The molecular weight excluding hydrogens is 428 g/mol. The van der Waals surface area contributed by atoms with Gasteiger partial charge >= 0.3 is 0 Å². The molecule has 0 radical (unpaired) electrons. The van der Waals surface area contributed by atoms with Gasteiger partial charge in [0.15, 0.2) is 5.69 Å². The molecule has 1 atom stereocenters. The van der Waals surface area contributed by atoms with E-state index in [0.717, 1.165) is 23.4 Å². The Labute approximate surface area is 199 Å². The molecule has 5 rings (SSSR count). The van der Waals surface area contributed by atoms with Crippen LogP contribution >= 0.6 is 0 Å². The highest BCUT2D eigenvalue weighted by molar-refractivity contribution is 5.95. The first-order chi connectivity index (χ1) is 16.6. The first-order valence-corrected chi connectivity index (χ1v) is 12.0. The second kappa shape index (κ2) is 9.81. The number of aryl methyl sites for hydroxylation is 1. The average molecular weight is 459 g/mol. The number of anilines is 1. The minimum Gasteiger partial charge on any atom is -0.365 e. The average Bonchev–Trinajstić information content (AvgIpc) is 3.32. The van der Waals surface area contributed by atoms with Gasteiger partial charge in [-0.2, -0.15) is 0 Å².